The standard InChI is InChI=1S/C32H32Cl2N4O5S/c1-17-28(35-18(2)29(17)32(41)38-12-4-5-19(15-38)30(39)36-20-8-9-20)14-23-22-13-21(10-11-27(22)37-31(23)40)44(42,43)16-24-25(33)6-3-7-26(24)34/h3,6-7,10-11,13-14,19-20,35H,4-5,8-9,12,15-16H2,1-2H3,(H,36,39)(H,37,40)/t19-/m1/s1. The minimum atomic E-state index is -3.86. The number of piperidine rings is 1. The molecule has 44 heavy (non-hydrogen) atoms. The molecule has 6 rings (SSSR count). The quantitative estimate of drug-likeness (QED) is 0.288. The summed E-state index contributed by atoms with van der Waals surface area (Å²) in [5.41, 5.74) is 3.88. The smallest absolute Gasteiger partial charge is 0.256 e. The lowest BCUT2D eigenvalue weighted by atomic mass is 9.96. The van der Waals surface area contributed by atoms with E-state index in [1.165, 1.54) is 12.1 Å². The summed E-state index contributed by atoms with van der Waals surface area (Å²) in [5.74, 6) is -1.16. The van der Waals surface area contributed by atoms with Crippen molar-refractivity contribution in [2.24, 2.45) is 5.92 Å². The van der Waals surface area contributed by atoms with E-state index in [1.54, 1.807) is 42.2 Å². The first-order valence-electron chi connectivity index (χ1n) is 14.5. The van der Waals surface area contributed by atoms with Crippen LogP contribution in [0.3, 0.4) is 0 Å². The maximum Gasteiger partial charge on any atom is 0.256 e. The Kier molecular flexibility index (Phi) is 8.11. The van der Waals surface area contributed by atoms with E-state index in [0.29, 0.717) is 52.4 Å². The van der Waals surface area contributed by atoms with Gasteiger partial charge in [0.1, 0.15) is 0 Å². The summed E-state index contributed by atoms with van der Waals surface area (Å²) in [6, 6.07) is 9.55. The highest BCUT2D eigenvalue weighted by Gasteiger charge is 2.34. The SMILES string of the molecule is Cc1[nH]c(C=C2C(=O)Nc3ccc(S(=O)(=O)Cc4c(Cl)cccc4Cl)cc32)c(C)c1C(=O)N1CCC[C@@H](C(=O)NC2CC2)C1. The van der Waals surface area contributed by atoms with Crippen LogP contribution in [0.5, 0.6) is 0 Å². The van der Waals surface area contributed by atoms with Gasteiger partial charge in [-0.3, -0.25) is 14.4 Å². The van der Waals surface area contributed by atoms with Crippen LogP contribution in [0.1, 0.15) is 64.1 Å². The molecule has 1 saturated carbocycles. The van der Waals surface area contributed by atoms with Gasteiger partial charge in [0.15, 0.2) is 9.84 Å². The van der Waals surface area contributed by atoms with Gasteiger partial charge in [0.05, 0.1) is 27.7 Å². The number of H-pyrrole nitrogens is 1. The average Bonchev–Trinajstić information content (AvgIpc) is 3.69. The van der Waals surface area contributed by atoms with Crippen LogP contribution >= 0.6 is 23.2 Å². The zero-order valence-electron chi connectivity index (χ0n) is 24.3. The van der Waals surface area contributed by atoms with Gasteiger partial charge < -0.3 is 20.5 Å². The van der Waals surface area contributed by atoms with Gasteiger partial charge in [0, 0.05) is 57.4 Å². The number of hydrogen-bond acceptors (Lipinski definition) is 5. The number of fused-ring (bicyclic) bond motifs is 1. The molecule has 0 spiro atoms. The molecule has 3 amide bonds. The topological polar surface area (TPSA) is 128 Å². The van der Waals surface area contributed by atoms with E-state index in [4.69, 9.17) is 23.2 Å². The highest BCUT2D eigenvalue weighted by Crippen LogP contribution is 2.37. The molecule has 2 aliphatic heterocycles. The molecule has 0 unspecified atom stereocenters. The Morgan fingerprint density at radius 1 is 1.09 bits per heavy atom. The van der Waals surface area contributed by atoms with Gasteiger partial charge in [-0.05, 0) is 81.5 Å². The number of carbonyl (C=O) groups excluding carboxylic acids is 3. The third-order valence-corrected chi connectivity index (χ3v) is 10.9. The van der Waals surface area contributed by atoms with Crippen molar-refractivity contribution >= 4 is 68.1 Å². The molecule has 12 heteroatoms. The summed E-state index contributed by atoms with van der Waals surface area (Å²) in [7, 11) is -3.86. The van der Waals surface area contributed by atoms with Crippen LogP contribution in [-0.4, -0.2) is 55.2 Å². The fourth-order valence-corrected chi connectivity index (χ4v) is 8.03. The predicted octanol–water partition coefficient (Wildman–Crippen LogP) is 5.54. The van der Waals surface area contributed by atoms with E-state index >= 15 is 0 Å². The molecular formula is C32H32Cl2N4O5S. The van der Waals surface area contributed by atoms with Crippen molar-refractivity contribution in [1.82, 2.24) is 15.2 Å². The Hall–Kier alpha value is -3.60. The minimum absolute atomic E-state index is 0.0141. The van der Waals surface area contributed by atoms with Gasteiger partial charge in [-0.2, -0.15) is 0 Å². The number of aryl methyl sites for hydroxylation is 1. The van der Waals surface area contributed by atoms with Crippen LogP contribution < -0.4 is 10.6 Å². The summed E-state index contributed by atoms with van der Waals surface area (Å²) in [5, 5.41) is 6.35. The maximum atomic E-state index is 13.7. The number of likely N-dealkylation sites (tertiary alicyclic amines) is 1. The fraction of sp³-hybridized carbons (Fsp3) is 0.344. The maximum absolute atomic E-state index is 13.7. The van der Waals surface area contributed by atoms with Gasteiger partial charge in [-0.1, -0.05) is 29.3 Å². The van der Waals surface area contributed by atoms with E-state index in [-0.39, 0.29) is 50.2 Å². The first kappa shape index (κ1) is 30.4. The van der Waals surface area contributed by atoms with E-state index in [2.05, 4.69) is 15.6 Å². The normalized spacial score (nSPS) is 19.2. The van der Waals surface area contributed by atoms with Crippen molar-refractivity contribution in [1.29, 1.82) is 0 Å². The molecule has 0 bridgehead atoms. The van der Waals surface area contributed by atoms with Gasteiger partial charge in [0.25, 0.3) is 11.8 Å². The average molecular weight is 656 g/mol. The van der Waals surface area contributed by atoms with Crippen LogP contribution in [0.25, 0.3) is 11.6 Å². The molecule has 3 N–H and O–H groups in total. The zero-order chi connectivity index (χ0) is 31.3. The molecule has 2 aromatic carbocycles. The van der Waals surface area contributed by atoms with Crippen LogP contribution in [-0.2, 0) is 25.2 Å². The molecule has 3 aliphatic rings. The van der Waals surface area contributed by atoms with Crippen LogP contribution in [0.4, 0.5) is 5.69 Å². The number of benzene rings is 2. The molecule has 1 saturated heterocycles. The highest BCUT2D eigenvalue weighted by molar-refractivity contribution is 7.90. The lowest BCUT2D eigenvalue weighted by Gasteiger charge is -2.32. The number of hydrogen-bond donors (Lipinski definition) is 3. The molecule has 0 radical (unpaired) electrons. The largest absolute Gasteiger partial charge is 0.358 e. The summed E-state index contributed by atoms with van der Waals surface area (Å²) in [6.45, 7) is 4.55. The van der Waals surface area contributed by atoms with Crippen LogP contribution in [0.15, 0.2) is 41.3 Å². The highest BCUT2D eigenvalue weighted by atomic mass is 35.5. The van der Waals surface area contributed by atoms with Crippen molar-refractivity contribution in [3.05, 3.63) is 80.1 Å². The van der Waals surface area contributed by atoms with Crippen LogP contribution in [0.2, 0.25) is 10.0 Å². The predicted molar refractivity (Wildman–Crippen MR) is 170 cm³/mol. The van der Waals surface area contributed by atoms with Crippen molar-refractivity contribution in [3.8, 4) is 0 Å². The fourth-order valence-electron chi connectivity index (χ4n) is 5.91. The van der Waals surface area contributed by atoms with E-state index in [1.807, 2.05) is 6.92 Å². The number of sulfone groups is 1. The number of nitrogens with zero attached hydrogens (tertiary/aromatic N) is 1. The van der Waals surface area contributed by atoms with Crippen molar-refractivity contribution in [2.45, 2.75) is 56.2 Å². The summed E-state index contributed by atoms with van der Waals surface area (Å²) >= 11 is 12.5. The van der Waals surface area contributed by atoms with E-state index in [0.717, 1.165) is 25.7 Å². The molecular weight excluding hydrogens is 623 g/mol. The molecule has 1 aromatic heterocycles. The van der Waals surface area contributed by atoms with Crippen molar-refractivity contribution in [2.75, 3.05) is 18.4 Å². The third kappa shape index (κ3) is 5.90. The number of rotatable bonds is 7. The van der Waals surface area contributed by atoms with Gasteiger partial charge in [-0.15, -0.1) is 0 Å². The lowest BCUT2D eigenvalue weighted by molar-refractivity contribution is -0.126. The summed E-state index contributed by atoms with van der Waals surface area (Å²) in [4.78, 5) is 44.4. The number of amides is 3. The second kappa shape index (κ2) is 11.7. The Balaban J connectivity index is 1.27. The lowest BCUT2D eigenvalue weighted by Crippen LogP contribution is -2.46. The molecule has 2 fully saturated rings. The second-order valence-electron chi connectivity index (χ2n) is 11.7. The zero-order valence-corrected chi connectivity index (χ0v) is 26.6. The van der Waals surface area contributed by atoms with Gasteiger partial charge in [-0.25, -0.2) is 8.42 Å². The Morgan fingerprint density at radius 3 is 2.52 bits per heavy atom. The van der Waals surface area contributed by atoms with E-state index in [9.17, 15) is 22.8 Å². The Morgan fingerprint density at radius 2 is 1.82 bits per heavy atom. The third-order valence-electron chi connectivity index (χ3n) is 8.51. The van der Waals surface area contributed by atoms with E-state index < -0.39 is 15.6 Å². The van der Waals surface area contributed by atoms with Crippen molar-refractivity contribution < 1.29 is 22.8 Å². The van der Waals surface area contributed by atoms with Gasteiger partial charge in [0.2, 0.25) is 5.91 Å². The first-order valence-corrected chi connectivity index (χ1v) is 17.0. The molecule has 1 atom stereocenters. The molecule has 230 valence electrons. The molecule has 9 nitrogen and oxygen atoms in total. The summed E-state index contributed by atoms with van der Waals surface area (Å²) in [6.07, 6.45) is 5.17. The van der Waals surface area contributed by atoms with Gasteiger partial charge >= 0.3 is 0 Å². The number of anilines is 1. The number of aromatic amines is 1. The Labute approximate surface area is 265 Å². The number of nitrogens with one attached hydrogen (secondary N) is 3. The van der Waals surface area contributed by atoms with Crippen LogP contribution in [0, 0.1) is 19.8 Å². The second-order valence-corrected chi connectivity index (χ2v) is 14.5. The molecule has 3 heterocycles. The first-order chi connectivity index (χ1) is 20.9. The molecule has 3 aromatic rings. The number of aromatic nitrogens is 1. The minimum Gasteiger partial charge on any atom is -0.358 e. The number of halogens is 2. The monoisotopic (exact) mass is 654 g/mol. The Bertz CT molecular complexity index is 1820. The summed E-state index contributed by atoms with van der Waals surface area (Å²) < 4.78 is 26.8. The van der Waals surface area contributed by atoms with Crippen molar-refractivity contribution in [3.63, 3.8) is 0 Å². The molecule has 1 aliphatic carbocycles. The number of carbonyl (C=O) groups is 3.